The molecule has 0 unspecified atom stereocenters. The van der Waals surface area contributed by atoms with Crippen LogP contribution < -0.4 is 23.1 Å². The molecule has 0 spiro atoms. The van der Waals surface area contributed by atoms with Gasteiger partial charge in [0.25, 0.3) is 0 Å². The number of allylic oxidation sites excluding steroid dienone is 10. The van der Waals surface area contributed by atoms with E-state index >= 15 is 0 Å². The fraction of sp³-hybridized carbons (Fsp3) is 0.235. The molecule has 5 aromatic heterocycles. The van der Waals surface area contributed by atoms with Gasteiger partial charge in [-0.15, -0.1) is 0 Å². The van der Waals surface area contributed by atoms with Gasteiger partial charge in [-0.1, -0.05) is 25.3 Å². The molecule has 0 aliphatic carbocycles. The Bertz CT molecular complexity index is 4570. The van der Waals surface area contributed by atoms with Gasteiger partial charge in [0.2, 0.25) is 0 Å². The van der Waals surface area contributed by atoms with Crippen molar-refractivity contribution in [3.05, 3.63) is 186 Å². The van der Waals surface area contributed by atoms with Gasteiger partial charge in [-0.3, -0.25) is 9.59 Å². The number of aromatic amines is 2. The van der Waals surface area contributed by atoms with Gasteiger partial charge in [-0.2, -0.15) is 0 Å². The summed E-state index contributed by atoms with van der Waals surface area (Å²) in [6, 6.07) is 7.88. The summed E-state index contributed by atoms with van der Waals surface area (Å²) in [4.78, 5) is 73.5. The molecule has 20 heteroatoms. The summed E-state index contributed by atoms with van der Waals surface area (Å²) in [5.74, 6) is -3.55. The quantitative estimate of drug-likeness (QED) is 0.0511. The van der Waals surface area contributed by atoms with E-state index in [4.69, 9.17) is 30.1 Å². The largest absolute Gasteiger partial charge is 3.00 e. The predicted molar refractivity (Wildman–Crippen MR) is 341 cm³/mol. The number of nitrogens with one attached hydrogen (secondary N) is 2. The van der Waals surface area contributed by atoms with Gasteiger partial charge in [-0.25, -0.2) is 9.97 Å². The molecule has 11 rings (SSSR count). The molecule has 454 valence electrons. The average molecular weight is 1310 g/mol. The molecule has 14 bridgehead atoms. The number of carbonyl (C=O) groups is 4. The number of hydrogen-bond acceptors (Lipinski definition) is 8. The number of aryl methyl sites for hydroxylation is 3. The van der Waals surface area contributed by atoms with Crippen LogP contribution in [0.5, 0.6) is 0 Å². The third kappa shape index (κ3) is 11.9. The maximum atomic E-state index is 11.8. The molecule has 0 fully saturated rings. The van der Waals surface area contributed by atoms with E-state index in [0.29, 0.717) is 30.7 Å². The SMILES string of the molecule is C=CC1=C(C)/C2=C/c3c(C=C)c(C)c4[n]3[Fe]([Cl])[n]3/c(c(C)c(CCC(=O)O)/c3=C/C3=NC(=C\4)/C(C)=C3CCC(=O)O)=C\C1=N2.C=CC1=C(C)c2cc3[nH]c(cc4nc(cc5[nH]c(cc1n2)c(C)c5CCC(=O)O)C(CCC(=O)O)=C4C)c(C)c3C=C.[Cl-].[Fe+3]. The molecule has 1 radical (unpaired) electrons. The Morgan fingerprint density at radius 1 is 0.500 bits per heavy atom. The number of rotatable bonds is 16. The fourth-order valence-electron chi connectivity index (χ4n) is 12.0. The number of hydrogen-bond donors (Lipinski definition) is 6. The van der Waals surface area contributed by atoms with Gasteiger partial charge in [0.05, 0.1) is 22.8 Å². The third-order valence-corrected chi connectivity index (χ3v) is 19.8. The van der Waals surface area contributed by atoms with Crippen LogP contribution in [0.3, 0.4) is 0 Å². The number of halogens is 2. The second kappa shape index (κ2) is 26.2. The first-order chi connectivity index (χ1) is 41.0. The van der Waals surface area contributed by atoms with E-state index in [1.165, 1.54) is 0 Å². The van der Waals surface area contributed by atoms with E-state index in [9.17, 15) is 39.6 Å². The van der Waals surface area contributed by atoms with Crippen LogP contribution >= 0.6 is 10.1 Å². The van der Waals surface area contributed by atoms with Crippen molar-refractivity contribution in [3.63, 3.8) is 0 Å². The van der Waals surface area contributed by atoms with E-state index in [1.54, 1.807) is 6.08 Å². The van der Waals surface area contributed by atoms with Crippen LogP contribution in [0.25, 0.3) is 80.8 Å². The normalized spacial score (nSPS) is 16.9. The standard InChI is InChI=1S/2C34H34N4O4.2ClH.2Fe/c2*1-7-21-17(3)25-13-26-19(5)23(9-11-33(39)40)31(37-26)16-32-24(10-12-34(41)42)20(6)28(38-32)15-30-22(8-2)18(4)27(36-30)14-29(21)35-25;;;;/h7-8,13-16H,1-2,9-12H2,3-6H3,(H4,35,36,37,38,39,40,41,42);7-8,13-16,35,38H,1-2,9-12H2,3-6H3,(H,39,40)(H,41,42);2*1H;;/q;;;;2*+3/p-4/b25-13?,26-13-,27-14-,28-15-,29-14?,30-15?,31-16?,32-16-;;;;;. The van der Waals surface area contributed by atoms with Gasteiger partial charge >= 0.3 is 294 Å². The van der Waals surface area contributed by atoms with Crippen LogP contribution in [0.1, 0.15) is 145 Å². The van der Waals surface area contributed by atoms with Crippen LogP contribution in [0.2, 0.25) is 0 Å². The molecule has 0 aromatic carbocycles. The van der Waals surface area contributed by atoms with E-state index in [-0.39, 0.29) is 61.6 Å². The van der Waals surface area contributed by atoms with Crippen molar-refractivity contribution in [3.8, 4) is 0 Å². The van der Waals surface area contributed by atoms with Crippen molar-refractivity contribution >= 4 is 126 Å². The molecular formula is C68H66Cl2Fe2N8O8+2. The smallest absolute Gasteiger partial charge is 1.00 e. The number of carboxylic acids is 4. The first-order valence-electron chi connectivity index (χ1n) is 28.1. The van der Waals surface area contributed by atoms with Crippen molar-refractivity contribution in [1.82, 2.24) is 27.1 Å². The zero-order valence-electron chi connectivity index (χ0n) is 50.0. The minimum absolute atomic E-state index is 0. The first-order valence-corrected chi connectivity index (χ1v) is 30.6. The average Bonchev–Trinajstić information content (AvgIpc) is 1.88. The Labute approximate surface area is 534 Å². The van der Waals surface area contributed by atoms with Crippen LogP contribution in [0, 0.1) is 27.7 Å². The summed E-state index contributed by atoms with van der Waals surface area (Å²) in [6.07, 6.45) is 16.4. The molecule has 0 saturated heterocycles. The fourth-order valence-corrected chi connectivity index (χ4v) is 15.1. The van der Waals surface area contributed by atoms with Gasteiger partial charge in [0.1, 0.15) is 0 Å². The number of carboxylic acid groups (broad SMARTS) is 4. The predicted octanol–water partition coefficient (Wildman–Crippen LogP) is 9.93. The van der Waals surface area contributed by atoms with Crippen LogP contribution in [0.15, 0.2) is 106 Å². The molecule has 16 nitrogen and oxygen atoms in total. The van der Waals surface area contributed by atoms with E-state index < -0.39 is 37.3 Å². The number of H-pyrrole nitrogens is 2. The van der Waals surface area contributed by atoms with Gasteiger partial charge in [-0.05, 0) is 98.2 Å². The summed E-state index contributed by atoms with van der Waals surface area (Å²) >= 11 is -1.91. The zero-order valence-corrected chi connectivity index (χ0v) is 53.7. The Hall–Kier alpha value is -8.34. The molecule has 5 aromatic rings. The van der Waals surface area contributed by atoms with Crippen molar-refractivity contribution in [1.29, 1.82) is 0 Å². The molecule has 0 atom stereocenters. The summed E-state index contributed by atoms with van der Waals surface area (Å²) in [6.45, 7) is 32.3. The Balaban J connectivity index is 0.000000223. The molecule has 0 saturated carbocycles. The van der Waals surface area contributed by atoms with E-state index in [0.717, 1.165) is 167 Å². The van der Waals surface area contributed by atoms with Crippen molar-refractivity contribution in [2.45, 2.75) is 107 Å². The molecule has 88 heavy (non-hydrogen) atoms. The minimum Gasteiger partial charge on any atom is -1.00 e. The summed E-state index contributed by atoms with van der Waals surface area (Å²) in [5, 5.41) is 39.7. The van der Waals surface area contributed by atoms with Crippen LogP contribution in [0.4, 0.5) is 0 Å². The monoisotopic (exact) mass is 1300 g/mol. The summed E-state index contributed by atoms with van der Waals surface area (Å²) in [7, 11) is 7.69. The topological polar surface area (TPSA) is 241 Å². The minimum atomic E-state index is -1.91. The Kier molecular flexibility index (Phi) is 19.5. The van der Waals surface area contributed by atoms with E-state index in [2.05, 4.69) is 49.5 Å². The first kappa shape index (κ1) is 65.6. The maximum absolute atomic E-state index is 11.8. The van der Waals surface area contributed by atoms with Gasteiger partial charge < -0.3 is 32.6 Å². The Morgan fingerprint density at radius 2 is 1.00 bits per heavy atom. The molecule has 11 heterocycles. The van der Waals surface area contributed by atoms with Gasteiger partial charge in [0.15, 0.2) is 0 Å². The molecule has 0 amide bonds. The van der Waals surface area contributed by atoms with Crippen LogP contribution in [-0.2, 0) is 62.5 Å². The molecule has 6 aliphatic heterocycles. The number of nitrogens with zero attached hydrogens (tertiary/aromatic N) is 6. The second-order valence-electron chi connectivity index (χ2n) is 21.8. The number of aliphatic imine (C=N–C) groups is 2. The number of aromatic nitrogens is 6. The third-order valence-electron chi connectivity index (χ3n) is 16.9. The van der Waals surface area contributed by atoms with Crippen molar-refractivity contribution in [2.75, 3.05) is 0 Å². The van der Waals surface area contributed by atoms with Crippen molar-refractivity contribution in [2.24, 2.45) is 9.98 Å². The molecule has 6 aliphatic rings. The zero-order chi connectivity index (χ0) is 61.9. The second-order valence-corrected chi connectivity index (χ2v) is 24.4. The van der Waals surface area contributed by atoms with E-state index in [1.807, 2.05) is 116 Å². The van der Waals surface area contributed by atoms with Crippen LogP contribution in [-0.4, -0.2) is 82.8 Å². The number of fused-ring (bicyclic) bond motifs is 10. The molecular weight excluding hydrogens is 1240 g/mol. The number of aliphatic carboxylic acids is 4. The van der Waals surface area contributed by atoms with Crippen molar-refractivity contribution < 1.29 is 82.5 Å². The summed E-state index contributed by atoms with van der Waals surface area (Å²) < 4.78 is 4.25. The Morgan fingerprint density at radius 3 is 1.62 bits per heavy atom. The summed E-state index contributed by atoms with van der Waals surface area (Å²) in [5.41, 5.74) is 25.8. The molecule has 6 N–H and O–H groups in total. The maximum Gasteiger partial charge on any atom is 3.00 e. The van der Waals surface area contributed by atoms with Gasteiger partial charge in [0, 0.05) is 46.0 Å².